The molecule has 0 aliphatic heterocycles. The molecule has 9 heteroatoms. The summed E-state index contributed by atoms with van der Waals surface area (Å²) in [7, 11) is 0. The Morgan fingerprint density at radius 1 is 0.786 bits per heavy atom. The zero-order chi connectivity index (χ0) is 20.3. The molecule has 0 spiro atoms. The molecule has 142 valence electrons. The highest BCUT2D eigenvalue weighted by molar-refractivity contribution is 9.11. The molecule has 1 heterocycles. The van der Waals surface area contributed by atoms with Gasteiger partial charge in [-0.05, 0) is 68.3 Å². The third kappa shape index (κ3) is 5.28. The highest BCUT2D eigenvalue weighted by Crippen LogP contribution is 2.37. The summed E-state index contributed by atoms with van der Waals surface area (Å²) in [6, 6.07) is 12.3. The molecule has 0 saturated carbocycles. The number of nitrogens with zero attached hydrogens (tertiary/aromatic N) is 3. The minimum absolute atomic E-state index is 0.0457. The Morgan fingerprint density at radius 2 is 1.46 bits per heavy atom. The van der Waals surface area contributed by atoms with E-state index in [9.17, 15) is 10.2 Å². The number of phenolic OH excluding ortho intramolecular Hbond substituents is 2. The normalized spacial score (nSPS) is 11.6. The molecule has 0 bridgehead atoms. The van der Waals surface area contributed by atoms with Crippen LogP contribution < -0.4 is 0 Å². The molecule has 0 radical (unpaired) electrons. The van der Waals surface area contributed by atoms with Gasteiger partial charge in [-0.15, -0.1) is 0 Å². The fourth-order valence-electron chi connectivity index (χ4n) is 2.19. The minimum Gasteiger partial charge on any atom is -0.506 e. The molecule has 3 rings (SSSR count). The summed E-state index contributed by atoms with van der Waals surface area (Å²) < 4.78 is 2.71. The Morgan fingerprint density at radius 3 is 2.21 bits per heavy atom. The molecule has 0 aliphatic carbocycles. The van der Waals surface area contributed by atoms with Gasteiger partial charge in [0.25, 0.3) is 0 Å². The summed E-state index contributed by atoms with van der Waals surface area (Å²) in [5, 5.41) is 20.2. The van der Waals surface area contributed by atoms with Crippen LogP contribution in [0.4, 0.5) is 11.5 Å². The van der Waals surface area contributed by atoms with Crippen LogP contribution in [-0.2, 0) is 0 Å². The van der Waals surface area contributed by atoms with Crippen molar-refractivity contribution in [1.82, 2.24) is 4.98 Å². The van der Waals surface area contributed by atoms with Gasteiger partial charge >= 0.3 is 0 Å². The third-order valence-electron chi connectivity index (χ3n) is 3.49. The Balaban J connectivity index is 1.85. The zero-order valence-corrected chi connectivity index (χ0v) is 20.3. The van der Waals surface area contributed by atoms with E-state index in [2.05, 4.69) is 78.7 Å². The van der Waals surface area contributed by atoms with E-state index in [0.717, 1.165) is 8.95 Å². The minimum atomic E-state index is 0.0457. The SMILES string of the molecule is Oc1c(Br)cc(Br)cc1C=Nc1cccc(C=Nc2cc(Br)cc(Br)c2O)n1. The van der Waals surface area contributed by atoms with Gasteiger partial charge in [0, 0.05) is 20.7 Å². The van der Waals surface area contributed by atoms with Crippen LogP contribution in [0.5, 0.6) is 11.5 Å². The number of aliphatic imine (C=N–C) groups is 2. The number of hydrogen-bond donors (Lipinski definition) is 2. The van der Waals surface area contributed by atoms with E-state index in [1.54, 1.807) is 48.7 Å². The van der Waals surface area contributed by atoms with Crippen molar-refractivity contribution in [2.24, 2.45) is 9.98 Å². The van der Waals surface area contributed by atoms with Gasteiger partial charge in [0.1, 0.15) is 11.4 Å². The van der Waals surface area contributed by atoms with Crippen molar-refractivity contribution < 1.29 is 10.2 Å². The van der Waals surface area contributed by atoms with Crippen molar-refractivity contribution in [2.45, 2.75) is 0 Å². The van der Waals surface area contributed by atoms with Crippen LogP contribution in [0.25, 0.3) is 0 Å². The lowest BCUT2D eigenvalue weighted by Crippen LogP contribution is -1.88. The summed E-state index contributed by atoms with van der Waals surface area (Å²) in [6.07, 6.45) is 3.07. The van der Waals surface area contributed by atoms with Gasteiger partial charge in [0.05, 0.1) is 20.9 Å². The van der Waals surface area contributed by atoms with Crippen LogP contribution in [0, 0.1) is 0 Å². The molecule has 1 aromatic heterocycles. The number of aromatic nitrogens is 1. The summed E-state index contributed by atoms with van der Waals surface area (Å²) in [4.78, 5) is 13.0. The fraction of sp³-hybridized carbons (Fsp3) is 0. The fourth-order valence-corrected chi connectivity index (χ4v) is 4.65. The van der Waals surface area contributed by atoms with E-state index in [1.807, 2.05) is 0 Å². The summed E-state index contributed by atoms with van der Waals surface area (Å²) in [5.41, 5.74) is 1.52. The molecule has 0 fully saturated rings. The quantitative estimate of drug-likeness (QED) is 0.303. The summed E-state index contributed by atoms with van der Waals surface area (Å²) in [5.74, 6) is 0.601. The molecular formula is C19H11Br4N3O2. The smallest absolute Gasteiger partial charge is 0.155 e. The van der Waals surface area contributed by atoms with E-state index < -0.39 is 0 Å². The number of phenols is 2. The average Bonchev–Trinajstić information content (AvgIpc) is 2.65. The van der Waals surface area contributed by atoms with E-state index in [1.165, 1.54) is 6.21 Å². The van der Waals surface area contributed by atoms with E-state index in [4.69, 9.17) is 0 Å². The summed E-state index contributed by atoms with van der Waals surface area (Å²) >= 11 is 13.3. The van der Waals surface area contributed by atoms with Gasteiger partial charge in [-0.1, -0.05) is 37.9 Å². The number of hydrogen-bond acceptors (Lipinski definition) is 5. The molecule has 0 atom stereocenters. The summed E-state index contributed by atoms with van der Waals surface area (Å²) in [6.45, 7) is 0. The second kappa shape index (κ2) is 9.30. The lowest BCUT2D eigenvalue weighted by molar-refractivity contribution is 0.471. The van der Waals surface area contributed by atoms with Crippen LogP contribution in [0.1, 0.15) is 11.3 Å². The topological polar surface area (TPSA) is 78.1 Å². The number of aromatic hydroxyl groups is 2. The van der Waals surface area contributed by atoms with Crippen molar-refractivity contribution in [3.8, 4) is 11.5 Å². The van der Waals surface area contributed by atoms with E-state index >= 15 is 0 Å². The Hall–Kier alpha value is -1.55. The lowest BCUT2D eigenvalue weighted by atomic mass is 10.2. The first-order valence-electron chi connectivity index (χ1n) is 7.74. The number of halogens is 4. The second-order valence-electron chi connectivity index (χ2n) is 5.52. The molecule has 2 N–H and O–H groups in total. The maximum atomic E-state index is 10.1. The van der Waals surface area contributed by atoms with Crippen LogP contribution in [0.15, 0.2) is 70.3 Å². The molecule has 0 saturated heterocycles. The van der Waals surface area contributed by atoms with Crippen molar-refractivity contribution in [1.29, 1.82) is 0 Å². The Bertz CT molecular complexity index is 1020. The largest absolute Gasteiger partial charge is 0.506 e. The first-order valence-corrected chi connectivity index (χ1v) is 10.9. The van der Waals surface area contributed by atoms with Crippen molar-refractivity contribution >= 4 is 87.7 Å². The maximum Gasteiger partial charge on any atom is 0.155 e. The van der Waals surface area contributed by atoms with Gasteiger partial charge in [-0.2, -0.15) is 0 Å². The first-order chi connectivity index (χ1) is 13.3. The monoisotopic (exact) mass is 629 g/mol. The maximum absolute atomic E-state index is 10.1. The van der Waals surface area contributed by atoms with Crippen LogP contribution in [0.3, 0.4) is 0 Å². The van der Waals surface area contributed by atoms with Gasteiger partial charge in [-0.3, -0.25) is 4.99 Å². The number of pyridine rings is 1. The first kappa shape index (κ1) is 21.2. The average molecular weight is 633 g/mol. The number of rotatable bonds is 4. The highest BCUT2D eigenvalue weighted by Gasteiger charge is 2.07. The van der Waals surface area contributed by atoms with Gasteiger partial charge in [0.15, 0.2) is 11.6 Å². The van der Waals surface area contributed by atoms with E-state index in [0.29, 0.717) is 31.7 Å². The molecule has 0 aliphatic rings. The Kier molecular flexibility index (Phi) is 7.03. The third-order valence-corrected chi connectivity index (χ3v) is 5.62. The van der Waals surface area contributed by atoms with Gasteiger partial charge in [-0.25, -0.2) is 9.98 Å². The molecule has 2 aromatic carbocycles. The van der Waals surface area contributed by atoms with Crippen LogP contribution >= 0.6 is 63.7 Å². The van der Waals surface area contributed by atoms with Gasteiger partial charge in [0.2, 0.25) is 0 Å². The van der Waals surface area contributed by atoms with Crippen molar-refractivity contribution in [2.75, 3.05) is 0 Å². The van der Waals surface area contributed by atoms with E-state index in [-0.39, 0.29) is 11.5 Å². The Labute approximate surface area is 194 Å². The molecular weight excluding hydrogens is 622 g/mol. The molecule has 3 aromatic rings. The molecule has 28 heavy (non-hydrogen) atoms. The van der Waals surface area contributed by atoms with Crippen LogP contribution in [-0.4, -0.2) is 27.6 Å². The lowest BCUT2D eigenvalue weighted by Gasteiger charge is -2.03. The van der Waals surface area contributed by atoms with Crippen LogP contribution in [0.2, 0.25) is 0 Å². The number of benzene rings is 2. The van der Waals surface area contributed by atoms with Crippen molar-refractivity contribution in [3.63, 3.8) is 0 Å². The van der Waals surface area contributed by atoms with Crippen molar-refractivity contribution in [3.05, 3.63) is 71.6 Å². The standard InChI is InChI=1S/C19H11Br4N3O2/c20-11-4-10(18(27)14(22)5-11)8-25-17-3-1-2-13(26-17)9-24-16-7-12(21)6-15(23)19(16)28/h1-9,27-28H. The predicted molar refractivity (Wildman–Crippen MR) is 126 cm³/mol. The molecule has 0 amide bonds. The second-order valence-corrected chi connectivity index (χ2v) is 9.06. The highest BCUT2D eigenvalue weighted by atomic mass is 79.9. The molecule has 0 unspecified atom stereocenters. The van der Waals surface area contributed by atoms with Gasteiger partial charge < -0.3 is 10.2 Å². The predicted octanol–water partition coefficient (Wildman–Crippen LogP) is 7.04. The molecule has 5 nitrogen and oxygen atoms in total. The zero-order valence-electron chi connectivity index (χ0n) is 13.9.